The van der Waals surface area contributed by atoms with Gasteiger partial charge < -0.3 is 14.9 Å². The summed E-state index contributed by atoms with van der Waals surface area (Å²) in [5.74, 6) is -0.567. The highest BCUT2D eigenvalue weighted by Gasteiger charge is 2.46. The second-order valence-corrected chi connectivity index (χ2v) is 5.20. The van der Waals surface area contributed by atoms with Gasteiger partial charge in [-0.2, -0.15) is 0 Å². The first-order valence-corrected chi connectivity index (χ1v) is 6.29. The number of nitrogens with one attached hydrogen (secondary N) is 1. The van der Waals surface area contributed by atoms with Crippen LogP contribution < -0.4 is 11.2 Å². The van der Waals surface area contributed by atoms with Crippen molar-refractivity contribution in [3.05, 3.63) is 33.1 Å². The van der Waals surface area contributed by atoms with Crippen LogP contribution >= 0.6 is 11.6 Å². The molecule has 0 saturated carbocycles. The van der Waals surface area contributed by atoms with Gasteiger partial charge in [-0.25, -0.2) is 4.79 Å². The lowest BCUT2D eigenvalue weighted by atomic mass is 9.96. The Morgan fingerprint density at radius 3 is 2.79 bits per heavy atom. The smallest absolute Gasteiger partial charge is 0.330 e. The third-order valence-electron chi connectivity index (χ3n) is 3.25. The standard InChI is InChI=1S/C11H15ClN2O5/c1-5(12)8-9(17)6(4-15)19-10(8)14-3-2-7(16)13-11(14)18/h2-3,5-6,8-10,15,17H,4H2,1H3,(H,13,16,18)/t5?,6?,8?,9-,10?/m1/s1. The molecule has 0 aliphatic carbocycles. The summed E-state index contributed by atoms with van der Waals surface area (Å²) in [6, 6.07) is 1.18. The number of nitrogens with zero attached hydrogens (tertiary/aromatic N) is 1. The first-order valence-electron chi connectivity index (χ1n) is 5.85. The molecule has 2 rings (SSSR count). The molecule has 0 amide bonds. The normalized spacial score (nSPS) is 32.4. The Morgan fingerprint density at radius 2 is 2.26 bits per heavy atom. The minimum absolute atomic E-state index is 0.379. The lowest BCUT2D eigenvalue weighted by Gasteiger charge is -2.23. The number of aromatic nitrogens is 2. The van der Waals surface area contributed by atoms with Gasteiger partial charge in [0.05, 0.1) is 12.7 Å². The van der Waals surface area contributed by atoms with Crippen LogP contribution in [0.3, 0.4) is 0 Å². The number of halogens is 1. The number of alkyl halides is 1. The van der Waals surface area contributed by atoms with Crippen molar-refractivity contribution in [2.75, 3.05) is 6.61 Å². The van der Waals surface area contributed by atoms with Gasteiger partial charge in [-0.3, -0.25) is 14.3 Å². The molecule has 1 aliphatic heterocycles. The topological polar surface area (TPSA) is 105 Å². The average Bonchev–Trinajstić information content (AvgIpc) is 2.66. The molecule has 2 heterocycles. The second kappa shape index (κ2) is 5.46. The number of aliphatic hydroxyl groups is 2. The molecule has 1 aromatic rings. The van der Waals surface area contributed by atoms with Crippen molar-refractivity contribution in [1.29, 1.82) is 0 Å². The number of hydrogen-bond acceptors (Lipinski definition) is 5. The molecule has 5 atom stereocenters. The highest BCUT2D eigenvalue weighted by Crippen LogP contribution is 2.37. The van der Waals surface area contributed by atoms with Crippen LogP contribution in [0.2, 0.25) is 0 Å². The quantitative estimate of drug-likeness (QED) is 0.621. The first-order chi connectivity index (χ1) is 8.95. The van der Waals surface area contributed by atoms with E-state index in [4.69, 9.17) is 21.4 Å². The molecule has 1 aliphatic rings. The average molecular weight is 291 g/mol. The summed E-state index contributed by atoms with van der Waals surface area (Å²) in [7, 11) is 0. The molecule has 3 N–H and O–H groups in total. The molecule has 19 heavy (non-hydrogen) atoms. The van der Waals surface area contributed by atoms with E-state index >= 15 is 0 Å². The molecule has 1 saturated heterocycles. The van der Waals surface area contributed by atoms with E-state index in [0.29, 0.717) is 0 Å². The minimum Gasteiger partial charge on any atom is -0.394 e. The number of aliphatic hydroxyl groups excluding tert-OH is 2. The third kappa shape index (κ3) is 2.59. The van der Waals surface area contributed by atoms with Crippen LogP contribution in [0.25, 0.3) is 0 Å². The molecule has 0 radical (unpaired) electrons. The minimum atomic E-state index is -0.985. The van der Waals surface area contributed by atoms with E-state index in [0.717, 1.165) is 4.57 Å². The first kappa shape index (κ1) is 14.3. The van der Waals surface area contributed by atoms with E-state index in [9.17, 15) is 14.7 Å². The fraction of sp³-hybridized carbons (Fsp3) is 0.636. The van der Waals surface area contributed by atoms with Gasteiger partial charge in [0.2, 0.25) is 0 Å². The molecular formula is C11H15ClN2O5. The van der Waals surface area contributed by atoms with Crippen molar-refractivity contribution >= 4 is 11.6 Å². The van der Waals surface area contributed by atoms with Crippen LogP contribution in [0.4, 0.5) is 0 Å². The summed E-state index contributed by atoms with van der Waals surface area (Å²) in [5, 5.41) is 18.7. The summed E-state index contributed by atoms with van der Waals surface area (Å²) in [6.45, 7) is 1.29. The number of hydrogen-bond donors (Lipinski definition) is 3. The largest absolute Gasteiger partial charge is 0.394 e. The highest BCUT2D eigenvalue weighted by molar-refractivity contribution is 6.20. The van der Waals surface area contributed by atoms with E-state index in [-0.39, 0.29) is 6.61 Å². The maximum absolute atomic E-state index is 11.7. The summed E-state index contributed by atoms with van der Waals surface area (Å²) in [4.78, 5) is 24.9. The molecule has 0 aromatic carbocycles. The van der Waals surface area contributed by atoms with Crippen molar-refractivity contribution in [2.45, 2.75) is 30.7 Å². The zero-order valence-electron chi connectivity index (χ0n) is 10.2. The van der Waals surface area contributed by atoms with Crippen molar-refractivity contribution in [2.24, 2.45) is 5.92 Å². The maximum Gasteiger partial charge on any atom is 0.330 e. The van der Waals surface area contributed by atoms with Gasteiger partial charge in [0.15, 0.2) is 0 Å². The number of rotatable bonds is 3. The van der Waals surface area contributed by atoms with Crippen LogP contribution in [0.5, 0.6) is 0 Å². The fourth-order valence-corrected chi connectivity index (χ4v) is 2.57. The van der Waals surface area contributed by atoms with Crippen LogP contribution in [0, 0.1) is 5.92 Å². The number of ether oxygens (including phenoxy) is 1. The Bertz CT molecular complexity index is 555. The highest BCUT2D eigenvalue weighted by atomic mass is 35.5. The van der Waals surface area contributed by atoms with E-state index < -0.39 is 41.0 Å². The van der Waals surface area contributed by atoms with Crippen molar-refractivity contribution in [1.82, 2.24) is 9.55 Å². The van der Waals surface area contributed by atoms with Crippen molar-refractivity contribution in [3.63, 3.8) is 0 Å². The summed E-state index contributed by atoms with van der Waals surface area (Å²) in [5.41, 5.74) is -1.17. The van der Waals surface area contributed by atoms with E-state index in [1.165, 1.54) is 12.3 Å². The van der Waals surface area contributed by atoms with Crippen molar-refractivity contribution < 1.29 is 14.9 Å². The van der Waals surface area contributed by atoms with E-state index in [2.05, 4.69) is 4.98 Å². The zero-order chi connectivity index (χ0) is 14.2. The van der Waals surface area contributed by atoms with Gasteiger partial charge in [0, 0.05) is 23.6 Å². The number of H-pyrrole nitrogens is 1. The second-order valence-electron chi connectivity index (χ2n) is 4.51. The Kier molecular flexibility index (Phi) is 4.10. The van der Waals surface area contributed by atoms with Gasteiger partial charge in [-0.15, -0.1) is 11.6 Å². The van der Waals surface area contributed by atoms with Gasteiger partial charge in [0.1, 0.15) is 12.3 Å². The lowest BCUT2D eigenvalue weighted by molar-refractivity contribution is -0.0481. The number of aromatic amines is 1. The molecule has 1 fully saturated rings. The van der Waals surface area contributed by atoms with Crippen LogP contribution in [-0.4, -0.2) is 44.0 Å². The van der Waals surface area contributed by atoms with Crippen LogP contribution in [0.15, 0.2) is 21.9 Å². The molecular weight excluding hydrogens is 276 g/mol. The molecule has 1 aromatic heterocycles. The SMILES string of the molecule is CC(Cl)C1C(n2ccc(=O)[nH]c2=O)OC(CO)[C@H]1O. The van der Waals surface area contributed by atoms with Crippen LogP contribution in [0.1, 0.15) is 13.2 Å². The van der Waals surface area contributed by atoms with Crippen molar-refractivity contribution in [3.8, 4) is 0 Å². The zero-order valence-corrected chi connectivity index (χ0v) is 10.9. The Morgan fingerprint density at radius 1 is 1.58 bits per heavy atom. The predicted molar refractivity (Wildman–Crippen MR) is 67.1 cm³/mol. The Balaban J connectivity index is 2.42. The molecule has 0 bridgehead atoms. The molecule has 8 heteroatoms. The Labute approximate surface area is 113 Å². The fourth-order valence-electron chi connectivity index (χ4n) is 2.30. The lowest BCUT2D eigenvalue weighted by Crippen LogP contribution is -2.37. The molecule has 0 spiro atoms. The molecule has 7 nitrogen and oxygen atoms in total. The van der Waals surface area contributed by atoms with E-state index in [1.807, 2.05) is 0 Å². The summed E-state index contributed by atoms with van der Waals surface area (Å²) >= 11 is 6.02. The monoisotopic (exact) mass is 290 g/mol. The molecule has 106 valence electrons. The van der Waals surface area contributed by atoms with Gasteiger partial charge >= 0.3 is 5.69 Å². The molecule has 4 unspecified atom stereocenters. The van der Waals surface area contributed by atoms with Gasteiger partial charge in [-0.1, -0.05) is 0 Å². The summed E-state index contributed by atoms with van der Waals surface area (Å²) in [6.07, 6.45) is -1.34. The van der Waals surface area contributed by atoms with Crippen LogP contribution in [-0.2, 0) is 4.74 Å². The maximum atomic E-state index is 11.7. The van der Waals surface area contributed by atoms with Gasteiger partial charge in [0.25, 0.3) is 5.56 Å². The Hall–Kier alpha value is -1.15. The predicted octanol–water partition coefficient (Wildman–Crippen LogP) is -0.969. The van der Waals surface area contributed by atoms with E-state index in [1.54, 1.807) is 6.92 Å². The van der Waals surface area contributed by atoms with Gasteiger partial charge in [-0.05, 0) is 6.92 Å². The third-order valence-corrected chi connectivity index (χ3v) is 3.55. The summed E-state index contributed by atoms with van der Waals surface area (Å²) < 4.78 is 6.62.